The van der Waals surface area contributed by atoms with E-state index in [-0.39, 0.29) is 10.6 Å². The second-order valence-electron chi connectivity index (χ2n) is 4.19. The molecule has 0 saturated carbocycles. The normalized spacial score (nSPS) is 13.2. The number of rotatable bonds is 6. The lowest BCUT2D eigenvalue weighted by Crippen LogP contribution is -2.11. The van der Waals surface area contributed by atoms with Crippen molar-refractivity contribution in [2.24, 2.45) is 0 Å². The molecule has 0 heterocycles. The Morgan fingerprint density at radius 3 is 2.17 bits per heavy atom. The van der Waals surface area contributed by atoms with Crippen molar-refractivity contribution in [3.05, 3.63) is 29.8 Å². The van der Waals surface area contributed by atoms with Crippen molar-refractivity contribution < 1.29 is 18.3 Å². The van der Waals surface area contributed by atoms with Crippen LogP contribution in [-0.2, 0) is 14.6 Å². The third-order valence-corrected chi connectivity index (χ3v) is 4.76. The van der Waals surface area contributed by atoms with E-state index < -0.39 is 21.7 Å². The van der Waals surface area contributed by atoms with Gasteiger partial charge in [-0.05, 0) is 30.5 Å². The predicted octanol–water partition coefficient (Wildman–Crippen LogP) is 2.45. The summed E-state index contributed by atoms with van der Waals surface area (Å²) in [5, 5.41) is 9.02. The molecule has 0 saturated heterocycles. The van der Waals surface area contributed by atoms with Gasteiger partial charge < -0.3 is 5.11 Å². The largest absolute Gasteiger partial charge is 0.481 e. The van der Waals surface area contributed by atoms with Crippen molar-refractivity contribution in [3.8, 4) is 0 Å². The van der Waals surface area contributed by atoms with E-state index in [1.807, 2.05) is 6.92 Å². The first kappa shape index (κ1) is 14.7. The monoisotopic (exact) mass is 270 g/mol. The molecule has 0 spiro atoms. The van der Waals surface area contributed by atoms with Crippen LogP contribution in [0, 0.1) is 0 Å². The van der Waals surface area contributed by atoms with Crippen LogP contribution in [0.4, 0.5) is 0 Å². The zero-order valence-corrected chi connectivity index (χ0v) is 11.4. The zero-order valence-electron chi connectivity index (χ0n) is 10.6. The van der Waals surface area contributed by atoms with Crippen molar-refractivity contribution in [2.45, 2.75) is 37.5 Å². The van der Waals surface area contributed by atoms with Crippen molar-refractivity contribution >= 4 is 15.8 Å². The predicted molar refractivity (Wildman–Crippen MR) is 69.5 cm³/mol. The van der Waals surface area contributed by atoms with Gasteiger partial charge in [-0.3, -0.25) is 4.79 Å². The third kappa shape index (κ3) is 3.32. The molecule has 0 bridgehead atoms. The summed E-state index contributed by atoms with van der Waals surface area (Å²) in [4.78, 5) is 11.3. The van der Waals surface area contributed by atoms with E-state index in [0.29, 0.717) is 18.4 Å². The number of benzene rings is 1. The first-order chi connectivity index (χ1) is 8.42. The highest BCUT2D eigenvalue weighted by Crippen LogP contribution is 2.22. The summed E-state index contributed by atoms with van der Waals surface area (Å²) >= 11 is 0. The highest BCUT2D eigenvalue weighted by molar-refractivity contribution is 7.91. The Labute approximate surface area is 108 Å². The molecule has 0 aliphatic heterocycles. The molecule has 1 aromatic rings. The van der Waals surface area contributed by atoms with Crippen LogP contribution in [0.2, 0.25) is 0 Å². The molecule has 1 unspecified atom stereocenters. The van der Waals surface area contributed by atoms with Crippen molar-refractivity contribution in [1.29, 1.82) is 0 Å². The average Bonchev–Trinajstić information content (AvgIpc) is 2.30. The van der Waals surface area contributed by atoms with Gasteiger partial charge in [0, 0.05) is 0 Å². The summed E-state index contributed by atoms with van der Waals surface area (Å²) < 4.78 is 23.6. The molecule has 1 atom stereocenters. The van der Waals surface area contributed by atoms with Crippen LogP contribution in [0.15, 0.2) is 29.2 Å². The van der Waals surface area contributed by atoms with Gasteiger partial charge in [-0.25, -0.2) is 8.42 Å². The Kier molecular flexibility index (Phi) is 4.90. The maximum Gasteiger partial charge on any atom is 0.310 e. The third-order valence-electron chi connectivity index (χ3n) is 2.82. The molecule has 5 heteroatoms. The Balaban J connectivity index is 3.03. The fraction of sp³-hybridized carbons (Fsp3) is 0.462. The fourth-order valence-electron chi connectivity index (χ4n) is 1.85. The lowest BCUT2D eigenvalue weighted by Gasteiger charge is -2.10. The number of aliphatic carboxylic acids is 1. The SMILES string of the molecule is CCCS(=O)(=O)c1ccc(C(CC)C(=O)O)cc1. The zero-order chi connectivity index (χ0) is 13.8. The fourth-order valence-corrected chi connectivity index (χ4v) is 3.17. The second-order valence-corrected chi connectivity index (χ2v) is 6.30. The average molecular weight is 270 g/mol. The van der Waals surface area contributed by atoms with E-state index in [0.717, 1.165) is 0 Å². The van der Waals surface area contributed by atoms with E-state index in [2.05, 4.69) is 0 Å². The van der Waals surface area contributed by atoms with Crippen LogP contribution >= 0.6 is 0 Å². The second kappa shape index (κ2) is 6.00. The Morgan fingerprint density at radius 2 is 1.78 bits per heavy atom. The summed E-state index contributed by atoms with van der Waals surface area (Å²) in [6.45, 7) is 3.60. The lowest BCUT2D eigenvalue weighted by molar-refractivity contribution is -0.138. The molecular weight excluding hydrogens is 252 g/mol. The quantitative estimate of drug-likeness (QED) is 0.861. The number of hydrogen-bond donors (Lipinski definition) is 1. The molecule has 0 radical (unpaired) electrons. The van der Waals surface area contributed by atoms with Gasteiger partial charge in [0.15, 0.2) is 9.84 Å². The van der Waals surface area contributed by atoms with E-state index in [1.54, 1.807) is 19.1 Å². The van der Waals surface area contributed by atoms with Gasteiger partial charge in [0.1, 0.15) is 0 Å². The number of carbonyl (C=O) groups is 1. The van der Waals surface area contributed by atoms with E-state index in [4.69, 9.17) is 5.11 Å². The number of carboxylic acid groups (broad SMARTS) is 1. The summed E-state index contributed by atoms with van der Waals surface area (Å²) in [6, 6.07) is 6.16. The molecule has 0 fully saturated rings. The van der Waals surface area contributed by atoms with Crippen LogP contribution in [0.5, 0.6) is 0 Å². The molecule has 0 amide bonds. The van der Waals surface area contributed by atoms with Crippen LogP contribution < -0.4 is 0 Å². The van der Waals surface area contributed by atoms with Crippen LogP contribution in [0.3, 0.4) is 0 Å². The van der Waals surface area contributed by atoms with Gasteiger partial charge in [0.05, 0.1) is 16.6 Å². The van der Waals surface area contributed by atoms with E-state index in [9.17, 15) is 13.2 Å². The molecule has 4 nitrogen and oxygen atoms in total. The van der Waals surface area contributed by atoms with Crippen LogP contribution in [0.1, 0.15) is 38.2 Å². The minimum Gasteiger partial charge on any atom is -0.481 e. The maximum absolute atomic E-state index is 11.8. The Morgan fingerprint density at radius 1 is 1.22 bits per heavy atom. The standard InChI is InChI=1S/C13H18O4S/c1-3-9-18(16,17)11-7-5-10(6-8-11)12(4-2)13(14)15/h5-8,12H,3-4,9H2,1-2H3,(H,14,15). The molecule has 1 rings (SSSR count). The molecule has 100 valence electrons. The Hall–Kier alpha value is -1.36. The highest BCUT2D eigenvalue weighted by Gasteiger charge is 2.19. The van der Waals surface area contributed by atoms with Crippen molar-refractivity contribution in [2.75, 3.05) is 5.75 Å². The Bertz CT molecular complexity index is 502. The van der Waals surface area contributed by atoms with E-state index in [1.165, 1.54) is 12.1 Å². The molecule has 0 aliphatic carbocycles. The minimum absolute atomic E-state index is 0.114. The van der Waals surface area contributed by atoms with Gasteiger partial charge in [-0.15, -0.1) is 0 Å². The lowest BCUT2D eigenvalue weighted by atomic mass is 9.97. The highest BCUT2D eigenvalue weighted by atomic mass is 32.2. The van der Waals surface area contributed by atoms with Crippen LogP contribution in [0.25, 0.3) is 0 Å². The number of sulfone groups is 1. The number of hydrogen-bond acceptors (Lipinski definition) is 3. The van der Waals surface area contributed by atoms with Crippen molar-refractivity contribution in [1.82, 2.24) is 0 Å². The maximum atomic E-state index is 11.8. The van der Waals surface area contributed by atoms with Gasteiger partial charge in [-0.2, -0.15) is 0 Å². The van der Waals surface area contributed by atoms with Gasteiger partial charge >= 0.3 is 5.97 Å². The van der Waals surface area contributed by atoms with Gasteiger partial charge in [0.25, 0.3) is 0 Å². The summed E-state index contributed by atoms with van der Waals surface area (Å²) in [6.07, 6.45) is 1.05. The smallest absolute Gasteiger partial charge is 0.310 e. The van der Waals surface area contributed by atoms with Crippen LogP contribution in [-0.4, -0.2) is 25.2 Å². The molecular formula is C13H18O4S. The van der Waals surface area contributed by atoms with Gasteiger partial charge in [-0.1, -0.05) is 26.0 Å². The first-order valence-electron chi connectivity index (χ1n) is 5.98. The molecule has 18 heavy (non-hydrogen) atoms. The summed E-state index contributed by atoms with van der Waals surface area (Å²) in [7, 11) is -3.23. The van der Waals surface area contributed by atoms with Crippen molar-refractivity contribution in [3.63, 3.8) is 0 Å². The molecule has 1 N–H and O–H groups in total. The van der Waals surface area contributed by atoms with E-state index >= 15 is 0 Å². The summed E-state index contributed by atoms with van der Waals surface area (Å²) in [5.41, 5.74) is 0.639. The number of carboxylic acids is 1. The molecule has 1 aromatic carbocycles. The molecule has 0 aliphatic rings. The minimum atomic E-state index is -3.23. The molecule has 0 aromatic heterocycles. The first-order valence-corrected chi connectivity index (χ1v) is 7.63. The summed E-state index contributed by atoms with van der Waals surface area (Å²) in [5.74, 6) is -1.35. The van der Waals surface area contributed by atoms with Gasteiger partial charge in [0.2, 0.25) is 0 Å². The topological polar surface area (TPSA) is 71.4 Å².